The van der Waals surface area contributed by atoms with Crippen molar-refractivity contribution >= 4 is 12.0 Å². The van der Waals surface area contributed by atoms with Crippen LogP contribution in [0.5, 0.6) is 0 Å². The molecule has 2 aliphatic rings. The second-order valence-electron chi connectivity index (χ2n) is 8.88. The Bertz CT molecular complexity index is 736. The lowest BCUT2D eigenvalue weighted by Crippen LogP contribution is -2.58. The number of alkyl halides is 2. The average molecular weight is 409 g/mol. The van der Waals surface area contributed by atoms with Gasteiger partial charge >= 0.3 is 6.09 Å². The number of piperidine rings is 1. The first-order chi connectivity index (χ1) is 13.5. The Morgan fingerprint density at radius 1 is 1.24 bits per heavy atom. The van der Waals surface area contributed by atoms with Gasteiger partial charge in [0.15, 0.2) is 0 Å². The number of amides is 2. The van der Waals surface area contributed by atoms with Gasteiger partial charge in [-0.1, -0.05) is 30.3 Å². The molecule has 1 aromatic carbocycles. The molecule has 2 aliphatic heterocycles. The second kappa shape index (κ2) is 8.26. The Hall–Kier alpha value is -2.22. The number of halogens is 2. The molecule has 0 aliphatic carbocycles. The Balaban J connectivity index is 1.75. The van der Waals surface area contributed by atoms with Gasteiger partial charge in [-0.05, 0) is 26.3 Å². The number of alkyl carbamates (subject to hydrolysis) is 1. The van der Waals surface area contributed by atoms with Crippen LogP contribution in [0.2, 0.25) is 0 Å². The number of benzene rings is 1. The fourth-order valence-corrected chi connectivity index (χ4v) is 3.91. The van der Waals surface area contributed by atoms with Gasteiger partial charge in [-0.2, -0.15) is 0 Å². The molecule has 1 unspecified atom stereocenters. The van der Waals surface area contributed by atoms with Crippen LogP contribution < -0.4 is 5.32 Å². The molecule has 6 nitrogen and oxygen atoms in total. The maximum Gasteiger partial charge on any atom is 0.407 e. The number of rotatable bonds is 4. The van der Waals surface area contributed by atoms with Crippen molar-refractivity contribution in [1.29, 1.82) is 0 Å². The van der Waals surface area contributed by atoms with Gasteiger partial charge in [0.25, 0.3) is 5.92 Å². The van der Waals surface area contributed by atoms with E-state index in [-0.39, 0.29) is 12.3 Å². The van der Waals surface area contributed by atoms with Gasteiger partial charge < -0.3 is 15.0 Å². The van der Waals surface area contributed by atoms with Crippen molar-refractivity contribution in [3.63, 3.8) is 0 Å². The van der Waals surface area contributed by atoms with Crippen molar-refractivity contribution in [3.05, 3.63) is 35.9 Å². The molecule has 0 aromatic heterocycles. The molecule has 2 atom stereocenters. The molecule has 29 heavy (non-hydrogen) atoms. The van der Waals surface area contributed by atoms with Crippen LogP contribution in [0.3, 0.4) is 0 Å². The van der Waals surface area contributed by atoms with Crippen LogP contribution in [-0.2, 0) is 16.1 Å². The highest BCUT2D eigenvalue weighted by molar-refractivity contribution is 5.78. The van der Waals surface area contributed by atoms with Crippen LogP contribution in [0, 0.1) is 0 Å². The summed E-state index contributed by atoms with van der Waals surface area (Å²) in [5, 5.41) is 2.80. The first-order valence-electron chi connectivity index (χ1n) is 9.95. The van der Waals surface area contributed by atoms with E-state index in [9.17, 15) is 18.4 Å². The van der Waals surface area contributed by atoms with E-state index in [4.69, 9.17) is 4.74 Å². The van der Waals surface area contributed by atoms with Gasteiger partial charge in [0, 0.05) is 32.5 Å². The minimum atomic E-state index is -2.91. The number of nitrogens with one attached hydrogen (secondary N) is 1. The highest BCUT2D eigenvalue weighted by Gasteiger charge is 2.46. The normalized spacial score (nSPS) is 25.1. The number of ether oxygens (including phenoxy) is 1. The van der Waals surface area contributed by atoms with Crippen LogP contribution in [0.25, 0.3) is 0 Å². The monoisotopic (exact) mass is 409 g/mol. The highest BCUT2D eigenvalue weighted by Crippen LogP contribution is 2.31. The van der Waals surface area contributed by atoms with Crippen molar-refractivity contribution in [2.75, 3.05) is 19.6 Å². The van der Waals surface area contributed by atoms with Crippen LogP contribution in [0.15, 0.2) is 30.3 Å². The molecule has 2 heterocycles. The molecule has 2 saturated heterocycles. The molecule has 0 bridgehead atoms. The number of hydrogen-bond acceptors (Lipinski definition) is 4. The third-order valence-electron chi connectivity index (χ3n) is 5.14. The molecule has 1 aromatic rings. The van der Waals surface area contributed by atoms with Crippen LogP contribution >= 0.6 is 0 Å². The summed E-state index contributed by atoms with van der Waals surface area (Å²) >= 11 is 0. The Kier molecular flexibility index (Phi) is 6.12. The Morgan fingerprint density at radius 3 is 2.59 bits per heavy atom. The molecule has 0 spiro atoms. The molecule has 1 N–H and O–H groups in total. The zero-order chi connectivity index (χ0) is 21.2. The molecule has 0 radical (unpaired) electrons. The summed E-state index contributed by atoms with van der Waals surface area (Å²) in [6.07, 6.45) is -1.21. The van der Waals surface area contributed by atoms with Crippen LogP contribution in [0.1, 0.15) is 39.2 Å². The fourth-order valence-electron chi connectivity index (χ4n) is 3.91. The Labute approximate surface area is 170 Å². The average Bonchev–Trinajstić information content (AvgIpc) is 2.98. The van der Waals surface area contributed by atoms with Gasteiger partial charge in [0.2, 0.25) is 5.91 Å². The summed E-state index contributed by atoms with van der Waals surface area (Å²) in [6.45, 7) is 6.15. The maximum absolute atomic E-state index is 14.0. The smallest absolute Gasteiger partial charge is 0.407 e. The predicted octanol–water partition coefficient (Wildman–Crippen LogP) is 3.02. The van der Waals surface area contributed by atoms with Crippen molar-refractivity contribution in [2.24, 2.45) is 0 Å². The molecular weight excluding hydrogens is 380 g/mol. The van der Waals surface area contributed by atoms with E-state index in [1.54, 1.807) is 20.8 Å². The fraction of sp³-hybridized carbons (Fsp3) is 0.619. The minimum Gasteiger partial charge on any atom is -0.444 e. The standard InChI is InChI=1S/C21H29F2N3O3/c1-20(2,3)29-19(28)24-16-12-25(11-15-7-5-4-6-8-15)13-17(16)26-14-21(22,23)10-9-18(26)27/h4-8,16-17H,9-14H2,1-3H3,(H,24,28)/t16-,17?/m0/s1. The number of nitrogens with zero attached hydrogens (tertiary/aromatic N) is 2. The van der Waals surface area contributed by atoms with E-state index in [0.29, 0.717) is 19.6 Å². The van der Waals surface area contributed by atoms with Crippen LogP contribution in [0.4, 0.5) is 13.6 Å². The quantitative estimate of drug-likeness (QED) is 0.831. The van der Waals surface area contributed by atoms with Gasteiger partial charge in [-0.25, -0.2) is 13.6 Å². The summed E-state index contributed by atoms with van der Waals surface area (Å²) in [5.41, 5.74) is 0.412. The number of carbonyl (C=O) groups excluding carboxylic acids is 2. The predicted molar refractivity (Wildman–Crippen MR) is 105 cm³/mol. The summed E-state index contributed by atoms with van der Waals surface area (Å²) in [6, 6.07) is 8.78. The summed E-state index contributed by atoms with van der Waals surface area (Å²) in [4.78, 5) is 28.1. The largest absolute Gasteiger partial charge is 0.444 e. The lowest BCUT2D eigenvalue weighted by Gasteiger charge is -2.38. The third-order valence-corrected chi connectivity index (χ3v) is 5.14. The van der Waals surface area contributed by atoms with Crippen molar-refractivity contribution in [1.82, 2.24) is 15.1 Å². The van der Waals surface area contributed by atoms with E-state index in [2.05, 4.69) is 10.2 Å². The molecule has 8 heteroatoms. The number of hydrogen-bond donors (Lipinski definition) is 1. The molecule has 2 fully saturated rings. The lowest BCUT2D eigenvalue weighted by atomic mass is 10.0. The van der Waals surface area contributed by atoms with E-state index in [1.807, 2.05) is 30.3 Å². The lowest BCUT2D eigenvalue weighted by molar-refractivity contribution is -0.151. The SMILES string of the molecule is CC(C)(C)OC(=O)N[C@H]1CN(Cc2ccccc2)CC1N1CC(F)(F)CCC1=O. The highest BCUT2D eigenvalue weighted by atomic mass is 19.3. The van der Waals surface area contributed by atoms with E-state index in [0.717, 1.165) is 5.56 Å². The summed E-state index contributed by atoms with van der Waals surface area (Å²) < 4.78 is 33.4. The van der Waals surface area contributed by atoms with Gasteiger partial charge in [0.1, 0.15) is 5.60 Å². The second-order valence-corrected chi connectivity index (χ2v) is 8.88. The minimum absolute atomic E-state index is 0.179. The topological polar surface area (TPSA) is 61.9 Å². The molecule has 3 rings (SSSR count). The van der Waals surface area contributed by atoms with Crippen molar-refractivity contribution in [2.45, 2.75) is 63.8 Å². The summed E-state index contributed by atoms with van der Waals surface area (Å²) in [5.74, 6) is -3.20. The third kappa shape index (κ3) is 5.88. The molecule has 160 valence electrons. The molecule has 2 amide bonds. The number of carbonyl (C=O) groups is 2. The van der Waals surface area contributed by atoms with E-state index < -0.39 is 42.7 Å². The zero-order valence-electron chi connectivity index (χ0n) is 17.2. The van der Waals surface area contributed by atoms with Gasteiger partial charge in [-0.3, -0.25) is 9.69 Å². The number of likely N-dealkylation sites (tertiary alicyclic amines) is 2. The van der Waals surface area contributed by atoms with Crippen molar-refractivity contribution < 1.29 is 23.1 Å². The summed E-state index contributed by atoms with van der Waals surface area (Å²) in [7, 11) is 0. The first kappa shape index (κ1) is 21.5. The molecular formula is C21H29F2N3O3. The van der Waals surface area contributed by atoms with Crippen LogP contribution in [-0.4, -0.2) is 65.0 Å². The van der Waals surface area contributed by atoms with E-state index in [1.165, 1.54) is 4.90 Å². The zero-order valence-corrected chi connectivity index (χ0v) is 17.2. The Morgan fingerprint density at radius 2 is 1.93 bits per heavy atom. The van der Waals surface area contributed by atoms with Crippen molar-refractivity contribution in [3.8, 4) is 0 Å². The first-order valence-corrected chi connectivity index (χ1v) is 9.95. The molecule has 0 saturated carbocycles. The maximum atomic E-state index is 14.0. The van der Waals surface area contributed by atoms with Gasteiger partial charge in [0.05, 0.1) is 18.6 Å². The van der Waals surface area contributed by atoms with Gasteiger partial charge in [-0.15, -0.1) is 0 Å². The van der Waals surface area contributed by atoms with E-state index >= 15 is 0 Å².